The number of amides is 1. The Labute approximate surface area is 126 Å². The molecule has 2 heterocycles. The molecule has 0 radical (unpaired) electrons. The van der Waals surface area contributed by atoms with Crippen LogP contribution in [0.2, 0.25) is 0 Å². The van der Waals surface area contributed by atoms with Crippen LogP contribution >= 0.6 is 0 Å². The van der Waals surface area contributed by atoms with Gasteiger partial charge in [0.25, 0.3) is 5.91 Å². The molecular weight excluding hydrogens is 266 g/mol. The van der Waals surface area contributed by atoms with Crippen LogP contribution in [0.15, 0.2) is 0 Å². The predicted octanol–water partition coefficient (Wildman–Crippen LogP) is 1.53. The Hall–Kier alpha value is -1.56. The van der Waals surface area contributed by atoms with E-state index in [9.17, 15) is 4.79 Å². The minimum absolute atomic E-state index is 0.0884. The highest BCUT2D eigenvalue weighted by molar-refractivity contribution is 5.97. The van der Waals surface area contributed by atoms with E-state index in [1.54, 1.807) is 4.90 Å². The summed E-state index contributed by atoms with van der Waals surface area (Å²) in [6.45, 7) is 7.04. The van der Waals surface area contributed by atoms with Gasteiger partial charge in [-0.1, -0.05) is 13.8 Å². The van der Waals surface area contributed by atoms with Crippen molar-refractivity contribution >= 4 is 11.6 Å². The number of carbonyl (C=O) groups excluding carboxylic acids is 1. The van der Waals surface area contributed by atoms with Crippen LogP contribution in [0.1, 0.15) is 48.8 Å². The van der Waals surface area contributed by atoms with Gasteiger partial charge in [-0.25, -0.2) is 0 Å². The second kappa shape index (κ2) is 6.47. The minimum Gasteiger partial charge on any atom is -0.395 e. The van der Waals surface area contributed by atoms with Gasteiger partial charge in [-0.15, -0.1) is 0 Å². The van der Waals surface area contributed by atoms with Crippen molar-refractivity contribution in [3.05, 3.63) is 11.4 Å². The number of piperidine rings is 1. The van der Waals surface area contributed by atoms with E-state index in [2.05, 4.69) is 22.1 Å². The molecule has 6 nitrogen and oxygen atoms in total. The van der Waals surface area contributed by atoms with Crippen LogP contribution in [0.25, 0.3) is 0 Å². The van der Waals surface area contributed by atoms with Gasteiger partial charge in [-0.2, -0.15) is 5.10 Å². The maximum absolute atomic E-state index is 12.5. The number of nitrogens with two attached hydrogens (primary N) is 1. The van der Waals surface area contributed by atoms with Crippen molar-refractivity contribution in [3.63, 3.8) is 0 Å². The maximum Gasteiger partial charge on any atom is 0.276 e. The molecule has 0 aromatic carbocycles. The zero-order chi connectivity index (χ0) is 15.6. The third-order valence-corrected chi connectivity index (χ3v) is 4.33. The standard InChI is InChI=1S/C15H27N5O/c1-10(2)13-12(16)14(18-17-13)15(21)20(4)9-11-5-7-19(3)8-6-11/h10-11H,5-9,16H2,1-4H3,(H,17,18). The van der Waals surface area contributed by atoms with Crippen molar-refractivity contribution in [2.24, 2.45) is 5.92 Å². The number of aromatic amines is 1. The number of carbonyl (C=O) groups is 1. The van der Waals surface area contributed by atoms with Gasteiger partial charge in [0.15, 0.2) is 5.69 Å². The largest absolute Gasteiger partial charge is 0.395 e. The van der Waals surface area contributed by atoms with Crippen LogP contribution in [0.4, 0.5) is 5.69 Å². The smallest absolute Gasteiger partial charge is 0.276 e. The van der Waals surface area contributed by atoms with Gasteiger partial charge in [0.05, 0.1) is 11.4 Å². The van der Waals surface area contributed by atoms with E-state index in [0.717, 1.165) is 38.2 Å². The van der Waals surface area contributed by atoms with Crippen molar-refractivity contribution in [3.8, 4) is 0 Å². The number of nitrogens with zero attached hydrogens (tertiary/aromatic N) is 3. The Morgan fingerprint density at radius 2 is 2.10 bits per heavy atom. The number of nitrogens with one attached hydrogen (secondary N) is 1. The molecule has 118 valence electrons. The molecule has 1 aliphatic heterocycles. The zero-order valence-electron chi connectivity index (χ0n) is 13.5. The van der Waals surface area contributed by atoms with Crippen molar-refractivity contribution < 1.29 is 4.79 Å². The van der Waals surface area contributed by atoms with E-state index in [-0.39, 0.29) is 11.8 Å². The summed E-state index contributed by atoms with van der Waals surface area (Å²) in [4.78, 5) is 16.6. The molecule has 0 spiro atoms. The summed E-state index contributed by atoms with van der Waals surface area (Å²) in [5.74, 6) is 0.715. The van der Waals surface area contributed by atoms with E-state index >= 15 is 0 Å². The molecule has 3 N–H and O–H groups in total. The molecule has 1 saturated heterocycles. The monoisotopic (exact) mass is 293 g/mol. The summed E-state index contributed by atoms with van der Waals surface area (Å²) in [6, 6.07) is 0. The summed E-state index contributed by atoms with van der Waals surface area (Å²) >= 11 is 0. The van der Waals surface area contributed by atoms with Gasteiger partial charge < -0.3 is 15.5 Å². The first-order valence-corrected chi connectivity index (χ1v) is 7.67. The molecule has 1 aliphatic rings. The molecule has 1 aromatic rings. The van der Waals surface area contributed by atoms with Crippen LogP contribution in [-0.2, 0) is 0 Å². The third-order valence-electron chi connectivity index (χ3n) is 4.33. The molecule has 0 unspecified atom stereocenters. The number of anilines is 1. The lowest BCUT2D eigenvalue weighted by Gasteiger charge is -2.31. The van der Waals surface area contributed by atoms with Gasteiger partial charge in [0.2, 0.25) is 0 Å². The fourth-order valence-electron chi connectivity index (χ4n) is 2.86. The Morgan fingerprint density at radius 3 is 2.62 bits per heavy atom. The number of nitrogen functional groups attached to an aromatic ring is 1. The van der Waals surface area contributed by atoms with Gasteiger partial charge in [-0.3, -0.25) is 9.89 Å². The molecule has 0 aliphatic carbocycles. The summed E-state index contributed by atoms with van der Waals surface area (Å²) < 4.78 is 0. The van der Waals surface area contributed by atoms with Crippen LogP contribution in [0, 0.1) is 5.92 Å². The van der Waals surface area contributed by atoms with Crippen LogP contribution in [-0.4, -0.2) is 59.6 Å². The van der Waals surface area contributed by atoms with Crippen LogP contribution in [0.3, 0.4) is 0 Å². The van der Waals surface area contributed by atoms with Crippen LogP contribution < -0.4 is 5.73 Å². The Balaban J connectivity index is 1.99. The number of H-pyrrole nitrogens is 1. The van der Waals surface area contributed by atoms with E-state index in [0.29, 0.717) is 17.3 Å². The molecule has 0 saturated carbocycles. The first-order chi connectivity index (χ1) is 9.90. The molecule has 0 atom stereocenters. The van der Waals surface area contributed by atoms with Crippen molar-refractivity contribution in [1.82, 2.24) is 20.0 Å². The number of likely N-dealkylation sites (tertiary alicyclic amines) is 1. The fraction of sp³-hybridized carbons (Fsp3) is 0.733. The average Bonchev–Trinajstić information content (AvgIpc) is 2.82. The maximum atomic E-state index is 12.5. The summed E-state index contributed by atoms with van der Waals surface area (Å²) in [5, 5.41) is 7.00. The molecule has 0 bridgehead atoms. The van der Waals surface area contributed by atoms with Crippen molar-refractivity contribution in [1.29, 1.82) is 0 Å². The highest BCUT2D eigenvalue weighted by Gasteiger charge is 2.25. The molecule has 6 heteroatoms. The van der Waals surface area contributed by atoms with E-state index in [4.69, 9.17) is 5.73 Å². The highest BCUT2D eigenvalue weighted by atomic mass is 16.2. The molecule has 2 rings (SSSR count). The number of hydrogen-bond acceptors (Lipinski definition) is 4. The van der Waals surface area contributed by atoms with Gasteiger partial charge in [0, 0.05) is 13.6 Å². The lowest BCUT2D eigenvalue weighted by molar-refractivity contribution is 0.0742. The summed E-state index contributed by atoms with van der Waals surface area (Å²) in [5.41, 5.74) is 7.73. The number of hydrogen-bond donors (Lipinski definition) is 2. The Morgan fingerprint density at radius 1 is 1.48 bits per heavy atom. The van der Waals surface area contributed by atoms with Crippen molar-refractivity contribution in [2.75, 3.05) is 39.5 Å². The van der Waals surface area contributed by atoms with Crippen LogP contribution in [0.5, 0.6) is 0 Å². The van der Waals surface area contributed by atoms with E-state index < -0.39 is 0 Å². The number of aromatic nitrogens is 2. The first-order valence-electron chi connectivity index (χ1n) is 7.67. The summed E-state index contributed by atoms with van der Waals surface area (Å²) in [6.07, 6.45) is 2.28. The lowest BCUT2D eigenvalue weighted by Crippen LogP contribution is -2.38. The number of rotatable bonds is 4. The fourth-order valence-corrected chi connectivity index (χ4v) is 2.86. The first kappa shape index (κ1) is 15.8. The molecule has 1 amide bonds. The quantitative estimate of drug-likeness (QED) is 0.882. The van der Waals surface area contributed by atoms with Gasteiger partial charge in [0.1, 0.15) is 0 Å². The average molecular weight is 293 g/mol. The summed E-state index contributed by atoms with van der Waals surface area (Å²) in [7, 11) is 3.98. The van der Waals surface area contributed by atoms with Gasteiger partial charge >= 0.3 is 0 Å². The normalized spacial score (nSPS) is 17.4. The SMILES string of the molecule is CC(C)c1[nH]nc(C(=O)N(C)CC2CCN(C)CC2)c1N. The second-order valence-corrected chi connectivity index (χ2v) is 6.49. The topological polar surface area (TPSA) is 78.2 Å². The second-order valence-electron chi connectivity index (χ2n) is 6.49. The molecule has 21 heavy (non-hydrogen) atoms. The lowest BCUT2D eigenvalue weighted by atomic mass is 9.96. The predicted molar refractivity (Wildman–Crippen MR) is 84.3 cm³/mol. The van der Waals surface area contributed by atoms with Gasteiger partial charge in [-0.05, 0) is 44.8 Å². The Kier molecular flexibility index (Phi) is 4.88. The zero-order valence-corrected chi connectivity index (χ0v) is 13.5. The Bertz CT molecular complexity index is 488. The van der Waals surface area contributed by atoms with E-state index in [1.807, 2.05) is 20.9 Å². The molecule has 1 aromatic heterocycles. The highest BCUT2D eigenvalue weighted by Crippen LogP contribution is 2.24. The molecular formula is C15H27N5O. The van der Waals surface area contributed by atoms with E-state index in [1.165, 1.54) is 0 Å². The third kappa shape index (κ3) is 3.56. The van der Waals surface area contributed by atoms with Crippen molar-refractivity contribution in [2.45, 2.75) is 32.6 Å². The minimum atomic E-state index is -0.0884. The molecule has 1 fully saturated rings.